The number of likely N-dealkylation sites (tertiary alicyclic amines) is 1. The Kier molecular flexibility index (Phi) is 4.83. The summed E-state index contributed by atoms with van der Waals surface area (Å²) in [6.45, 7) is 5.27. The lowest BCUT2D eigenvalue weighted by Gasteiger charge is -2.19. The molecule has 0 saturated carbocycles. The maximum absolute atomic E-state index is 12.1. The van der Waals surface area contributed by atoms with Crippen molar-refractivity contribution in [2.45, 2.75) is 19.8 Å². The first-order chi connectivity index (χ1) is 9.99. The molecule has 0 aliphatic carbocycles. The lowest BCUT2D eigenvalue weighted by atomic mass is 9.99. The van der Waals surface area contributed by atoms with Crippen LogP contribution in [0.4, 0.5) is 4.79 Å². The molecule has 0 spiro atoms. The van der Waals surface area contributed by atoms with Crippen LogP contribution in [0.5, 0.6) is 0 Å². The Morgan fingerprint density at radius 3 is 2.57 bits per heavy atom. The Balaban J connectivity index is 1.84. The summed E-state index contributed by atoms with van der Waals surface area (Å²) in [5.41, 5.74) is 1.18. The van der Waals surface area contributed by atoms with E-state index in [2.05, 4.69) is 12.2 Å². The van der Waals surface area contributed by atoms with Gasteiger partial charge in [-0.05, 0) is 17.4 Å². The standard InChI is InChI=1S/C16H22N2O3/c1-11(13-6-4-3-5-7-13)8-17-16(21)18-9-12(2)14(10-18)15(19)20/h3-7,11-12,14H,8-10H2,1-2H3,(H,17,21)(H,19,20)/t11?,12-,14-/m1/s1. The van der Waals surface area contributed by atoms with Crippen molar-refractivity contribution >= 4 is 12.0 Å². The van der Waals surface area contributed by atoms with E-state index >= 15 is 0 Å². The second-order valence-electron chi connectivity index (χ2n) is 5.82. The Bertz CT molecular complexity index is 504. The molecule has 1 aromatic carbocycles. The van der Waals surface area contributed by atoms with Crippen LogP contribution >= 0.6 is 0 Å². The summed E-state index contributed by atoms with van der Waals surface area (Å²) < 4.78 is 0. The largest absolute Gasteiger partial charge is 0.481 e. The van der Waals surface area contributed by atoms with Crippen molar-refractivity contribution in [3.63, 3.8) is 0 Å². The SMILES string of the molecule is CC(CNC(=O)N1C[C@@H](C)[C@H](C(=O)O)C1)c1ccccc1. The number of nitrogens with zero attached hydrogens (tertiary/aromatic N) is 1. The zero-order chi connectivity index (χ0) is 15.4. The number of rotatable bonds is 4. The molecular formula is C16H22N2O3. The second kappa shape index (κ2) is 6.61. The van der Waals surface area contributed by atoms with E-state index in [1.807, 2.05) is 37.3 Å². The van der Waals surface area contributed by atoms with Crippen LogP contribution in [0.2, 0.25) is 0 Å². The highest BCUT2D eigenvalue weighted by atomic mass is 16.4. The highest BCUT2D eigenvalue weighted by Gasteiger charge is 2.36. The van der Waals surface area contributed by atoms with Gasteiger partial charge in [0, 0.05) is 19.6 Å². The molecule has 1 aliphatic heterocycles. The van der Waals surface area contributed by atoms with Gasteiger partial charge in [0.15, 0.2) is 0 Å². The smallest absolute Gasteiger partial charge is 0.317 e. The molecule has 2 amide bonds. The van der Waals surface area contributed by atoms with Crippen LogP contribution in [0.25, 0.3) is 0 Å². The zero-order valence-electron chi connectivity index (χ0n) is 12.5. The number of benzene rings is 1. The summed E-state index contributed by atoms with van der Waals surface area (Å²) in [6.07, 6.45) is 0. The molecule has 0 bridgehead atoms. The first kappa shape index (κ1) is 15.4. The summed E-state index contributed by atoms with van der Waals surface area (Å²) in [6, 6.07) is 9.82. The molecule has 114 valence electrons. The number of carbonyl (C=O) groups is 2. The van der Waals surface area contributed by atoms with Crippen molar-refractivity contribution in [2.24, 2.45) is 11.8 Å². The number of carboxylic acids is 1. The second-order valence-corrected chi connectivity index (χ2v) is 5.82. The predicted molar refractivity (Wildman–Crippen MR) is 80.1 cm³/mol. The highest BCUT2D eigenvalue weighted by Crippen LogP contribution is 2.23. The van der Waals surface area contributed by atoms with Gasteiger partial charge in [0.1, 0.15) is 0 Å². The van der Waals surface area contributed by atoms with E-state index in [9.17, 15) is 9.59 Å². The van der Waals surface area contributed by atoms with Gasteiger partial charge >= 0.3 is 12.0 Å². The van der Waals surface area contributed by atoms with Gasteiger partial charge in [-0.3, -0.25) is 4.79 Å². The van der Waals surface area contributed by atoms with Gasteiger partial charge in [-0.2, -0.15) is 0 Å². The number of hydrogen-bond acceptors (Lipinski definition) is 2. The predicted octanol–water partition coefficient (Wildman–Crippen LogP) is 2.15. The van der Waals surface area contributed by atoms with Crippen LogP contribution in [0.15, 0.2) is 30.3 Å². The molecular weight excluding hydrogens is 268 g/mol. The van der Waals surface area contributed by atoms with Crippen molar-refractivity contribution in [1.29, 1.82) is 0 Å². The first-order valence-corrected chi connectivity index (χ1v) is 7.29. The number of carbonyl (C=O) groups excluding carboxylic acids is 1. The lowest BCUT2D eigenvalue weighted by Crippen LogP contribution is -2.40. The third-order valence-electron chi connectivity index (χ3n) is 4.14. The number of urea groups is 1. The molecule has 1 saturated heterocycles. The summed E-state index contributed by atoms with van der Waals surface area (Å²) in [7, 11) is 0. The van der Waals surface area contributed by atoms with Crippen molar-refractivity contribution in [3.8, 4) is 0 Å². The molecule has 5 heteroatoms. The minimum absolute atomic E-state index is 0.000188. The zero-order valence-corrected chi connectivity index (χ0v) is 12.5. The fourth-order valence-corrected chi connectivity index (χ4v) is 2.71. The Labute approximate surface area is 125 Å². The number of aliphatic carboxylic acids is 1. The monoisotopic (exact) mass is 290 g/mol. The van der Waals surface area contributed by atoms with Crippen LogP contribution in [-0.2, 0) is 4.79 Å². The van der Waals surface area contributed by atoms with Gasteiger partial charge in [-0.25, -0.2) is 4.79 Å². The van der Waals surface area contributed by atoms with Crippen LogP contribution in [0.3, 0.4) is 0 Å². The molecule has 1 fully saturated rings. The Morgan fingerprint density at radius 1 is 1.33 bits per heavy atom. The van der Waals surface area contributed by atoms with Gasteiger partial charge in [0.05, 0.1) is 5.92 Å². The Morgan fingerprint density at radius 2 is 2.00 bits per heavy atom. The maximum atomic E-state index is 12.1. The van der Waals surface area contributed by atoms with E-state index in [0.717, 1.165) is 0 Å². The van der Waals surface area contributed by atoms with E-state index in [0.29, 0.717) is 19.6 Å². The average molecular weight is 290 g/mol. The minimum atomic E-state index is -0.824. The molecule has 21 heavy (non-hydrogen) atoms. The molecule has 1 unspecified atom stereocenters. The van der Waals surface area contributed by atoms with Gasteiger partial charge in [0.25, 0.3) is 0 Å². The normalized spacial score (nSPS) is 22.9. The summed E-state index contributed by atoms with van der Waals surface area (Å²) in [5.74, 6) is -1.05. The van der Waals surface area contributed by atoms with E-state index in [-0.39, 0.29) is 17.9 Å². The average Bonchev–Trinajstić information content (AvgIpc) is 2.87. The number of nitrogens with one attached hydrogen (secondary N) is 1. The third-order valence-corrected chi connectivity index (χ3v) is 4.14. The molecule has 2 rings (SSSR count). The van der Waals surface area contributed by atoms with E-state index in [1.54, 1.807) is 4.90 Å². The molecule has 1 heterocycles. The van der Waals surface area contributed by atoms with E-state index < -0.39 is 11.9 Å². The minimum Gasteiger partial charge on any atom is -0.481 e. The molecule has 2 N–H and O–H groups in total. The van der Waals surface area contributed by atoms with Crippen LogP contribution in [-0.4, -0.2) is 41.6 Å². The van der Waals surface area contributed by atoms with Gasteiger partial charge in [0.2, 0.25) is 0 Å². The quantitative estimate of drug-likeness (QED) is 0.892. The van der Waals surface area contributed by atoms with Crippen LogP contribution in [0, 0.1) is 11.8 Å². The lowest BCUT2D eigenvalue weighted by molar-refractivity contribution is -0.142. The molecule has 0 aromatic heterocycles. The number of carboxylic acid groups (broad SMARTS) is 1. The van der Waals surface area contributed by atoms with Gasteiger partial charge in [-0.15, -0.1) is 0 Å². The molecule has 5 nitrogen and oxygen atoms in total. The molecule has 1 aromatic rings. The highest BCUT2D eigenvalue weighted by molar-refractivity contribution is 5.77. The third kappa shape index (κ3) is 3.74. The summed E-state index contributed by atoms with van der Waals surface area (Å²) >= 11 is 0. The first-order valence-electron chi connectivity index (χ1n) is 7.29. The van der Waals surface area contributed by atoms with Crippen molar-refractivity contribution in [3.05, 3.63) is 35.9 Å². The van der Waals surface area contributed by atoms with Crippen molar-refractivity contribution < 1.29 is 14.7 Å². The summed E-state index contributed by atoms with van der Waals surface area (Å²) in [5, 5.41) is 12.0. The van der Waals surface area contributed by atoms with Crippen LogP contribution in [0.1, 0.15) is 25.3 Å². The van der Waals surface area contributed by atoms with Gasteiger partial charge < -0.3 is 15.3 Å². The maximum Gasteiger partial charge on any atom is 0.317 e. The van der Waals surface area contributed by atoms with E-state index in [1.165, 1.54) is 5.56 Å². The number of amides is 2. The van der Waals surface area contributed by atoms with Crippen molar-refractivity contribution in [2.75, 3.05) is 19.6 Å². The van der Waals surface area contributed by atoms with Gasteiger partial charge in [-0.1, -0.05) is 44.2 Å². The fourth-order valence-electron chi connectivity index (χ4n) is 2.71. The topological polar surface area (TPSA) is 69.6 Å². The molecule has 3 atom stereocenters. The number of hydrogen-bond donors (Lipinski definition) is 2. The molecule has 0 radical (unpaired) electrons. The van der Waals surface area contributed by atoms with Crippen molar-refractivity contribution in [1.82, 2.24) is 10.2 Å². The van der Waals surface area contributed by atoms with E-state index in [4.69, 9.17) is 5.11 Å². The fraction of sp³-hybridized carbons (Fsp3) is 0.500. The van der Waals surface area contributed by atoms with Crippen LogP contribution < -0.4 is 5.32 Å². The summed E-state index contributed by atoms with van der Waals surface area (Å²) in [4.78, 5) is 24.8. The molecule has 1 aliphatic rings. The Hall–Kier alpha value is -2.04.